The van der Waals surface area contributed by atoms with Crippen molar-refractivity contribution in [3.8, 4) is 65.0 Å². The van der Waals surface area contributed by atoms with Gasteiger partial charge in [-0.25, -0.2) is 9.97 Å². The summed E-state index contributed by atoms with van der Waals surface area (Å²) in [6, 6.07) is 46.8. The first-order valence-electron chi connectivity index (χ1n) is 25.8. The smallest absolute Gasteiger partial charge is 0.0988 e. The van der Waals surface area contributed by atoms with Crippen molar-refractivity contribution < 1.29 is 0 Å². The first-order chi connectivity index (χ1) is 32.8. The summed E-state index contributed by atoms with van der Waals surface area (Å²) in [4.78, 5) is 16.5. The summed E-state index contributed by atoms with van der Waals surface area (Å²) in [5.41, 5.74) is 19.8. The number of fused-ring (bicyclic) bond motifs is 4. The van der Waals surface area contributed by atoms with Crippen molar-refractivity contribution in [2.45, 2.75) is 150 Å². The summed E-state index contributed by atoms with van der Waals surface area (Å²) in [7, 11) is 0. The summed E-state index contributed by atoms with van der Waals surface area (Å²) < 4.78 is 0. The summed E-state index contributed by atoms with van der Waals surface area (Å²) >= 11 is 3.73. The Morgan fingerprint density at radius 1 is 0.403 bits per heavy atom. The van der Waals surface area contributed by atoms with Crippen molar-refractivity contribution >= 4 is 33.7 Å². The van der Waals surface area contributed by atoms with Crippen LogP contribution in [0.25, 0.3) is 76.0 Å². The lowest BCUT2D eigenvalue weighted by molar-refractivity contribution is 0.401. The molecule has 3 aromatic heterocycles. The molecule has 0 aliphatic heterocycles. The van der Waals surface area contributed by atoms with Gasteiger partial charge < -0.3 is 0 Å². The maximum absolute atomic E-state index is 5.77. The predicted octanol–water partition coefficient (Wildman–Crippen LogP) is 19.6. The van der Waals surface area contributed by atoms with Crippen LogP contribution in [-0.2, 0) is 18.3 Å². The van der Waals surface area contributed by atoms with Gasteiger partial charge in [-0.1, -0.05) is 188 Å². The summed E-state index contributed by atoms with van der Waals surface area (Å²) in [6.07, 6.45) is 19.7. The highest BCUT2D eigenvalue weighted by molar-refractivity contribution is 7.19. The molecule has 2 nitrogen and oxygen atoms in total. The quantitative estimate of drug-likeness (QED) is 0.0671. The van der Waals surface area contributed by atoms with Crippen molar-refractivity contribution in [2.24, 2.45) is 0 Å². The van der Waals surface area contributed by atoms with Crippen LogP contribution < -0.4 is 0 Å². The second kappa shape index (κ2) is 21.4. The molecule has 0 N–H and O–H groups in total. The van der Waals surface area contributed by atoms with Crippen LogP contribution in [0.5, 0.6) is 0 Å². The van der Waals surface area contributed by atoms with Gasteiger partial charge in [-0.2, -0.15) is 0 Å². The molecule has 0 saturated carbocycles. The van der Waals surface area contributed by atoms with E-state index in [-0.39, 0.29) is 5.41 Å². The molecule has 0 spiro atoms. The van der Waals surface area contributed by atoms with Gasteiger partial charge in [-0.05, 0) is 122 Å². The van der Waals surface area contributed by atoms with Crippen molar-refractivity contribution in [3.05, 3.63) is 154 Å². The Labute approximate surface area is 410 Å². The summed E-state index contributed by atoms with van der Waals surface area (Å²) in [5, 5.41) is 0. The van der Waals surface area contributed by atoms with E-state index in [2.05, 4.69) is 163 Å². The second-order valence-corrected chi connectivity index (χ2v) is 21.8. The normalized spacial score (nSPS) is 12.8. The Kier molecular flexibility index (Phi) is 15.0. The fourth-order valence-corrected chi connectivity index (χ4v) is 12.6. The van der Waals surface area contributed by atoms with Gasteiger partial charge in [0.2, 0.25) is 0 Å². The number of aryl methyl sites for hydroxylation is 4. The van der Waals surface area contributed by atoms with Gasteiger partial charge in [-0.3, -0.25) is 0 Å². The van der Waals surface area contributed by atoms with Crippen molar-refractivity contribution in [1.82, 2.24) is 9.97 Å². The largest absolute Gasteiger partial charge is 0.243 e. The zero-order chi connectivity index (χ0) is 46.3. The molecule has 1 aliphatic rings. The molecule has 5 aromatic carbocycles. The fraction of sp³-hybridized carbons (Fsp3) is 0.365. The van der Waals surface area contributed by atoms with E-state index in [1.165, 1.54) is 143 Å². The Morgan fingerprint density at radius 2 is 0.866 bits per heavy atom. The van der Waals surface area contributed by atoms with Crippen molar-refractivity contribution in [2.75, 3.05) is 0 Å². The minimum atomic E-state index is 0.0498. The van der Waals surface area contributed by atoms with Crippen molar-refractivity contribution in [1.29, 1.82) is 0 Å². The van der Waals surface area contributed by atoms with Gasteiger partial charge in [0.05, 0.1) is 22.4 Å². The monoisotopic (exact) mass is 918 g/mol. The van der Waals surface area contributed by atoms with Crippen LogP contribution >= 0.6 is 22.7 Å². The Bertz CT molecular complexity index is 2920. The van der Waals surface area contributed by atoms with Crippen LogP contribution in [0.15, 0.2) is 121 Å². The van der Waals surface area contributed by atoms with E-state index in [0.29, 0.717) is 0 Å². The van der Waals surface area contributed by atoms with Crippen LogP contribution in [0.3, 0.4) is 0 Å². The molecule has 0 amide bonds. The van der Waals surface area contributed by atoms with E-state index in [4.69, 9.17) is 9.97 Å². The number of aromatic nitrogens is 2. The standard InChI is InChI=1S/C63H70N2S2/c1-7-11-15-17-39-63(40-18-16-12-8-2)54-41-43(5)21-32-50(54)51-33-31-49(42-55(51)63)56-37-38-58(67-56)53-35-34-52(57-36-22-44(6)66-57)61-62(53)65-60(48-29-25-46(26-30-48)20-14-10-4)59(64-61)47-27-23-45(24-28-47)19-13-9-3/h21-38,41-42H,7-20,39-40H2,1-6H3. The number of hydrogen-bond donors (Lipinski definition) is 0. The molecule has 0 radical (unpaired) electrons. The third-order valence-electron chi connectivity index (χ3n) is 14.5. The molecule has 0 bridgehead atoms. The Balaban J connectivity index is 1.18. The molecule has 0 saturated heterocycles. The van der Waals surface area contributed by atoms with Crippen LogP contribution in [0.2, 0.25) is 0 Å². The van der Waals surface area contributed by atoms with E-state index in [0.717, 1.165) is 57.5 Å². The molecule has 1 aliphatic carbocycles. The molecule has 8 aromatic rings. The van der Waals surface area contributed by atoms with Gasteiger partial charge in [0, 0.05) is 47.2 Å². The lowest BCUT2D eigenvalue weighted by Gasteiger charge is -2.33. The SMILES string of the molecule is CCCCCCC1(CCCCCC)c2cc(C)ccc2-c2ccc(-c3ccc(-c4ccc(-c5ccc(C)s5)c5nc(-c6ccc(CCCC)cc6)c(-c6ccc(CCCC)cc6)nc45)s3)cc21. The van der Waals surface area contributed by atoms with Crippen molar-refractivity contribution in [3.63, 3.8) is 0 Å². The van der Waals surface area contributed by atoms with Crippen LogP contribution in [0.4, 0.5) is 0 Å². The molecule has 344 valence electrons. The van der Waals surface area contributed by atoms with Gasteiger partial charge in [-0.15, -0.1) is 22.7 Å². The fourth-order valence-electron chi connectivity index (χ4n) is 10.7. The Hall–Kier alpha value is -5.16. The summed E-state index contributed by atoms with van der Waals surface area (Å²) in [6.45, 7) is 13.7. The molecule has 4 heteroatoms. The average Bonchev–Trinajstić information content (AvgIpc) is 4.09. The maximum Gasteiger partial charge on any atom is 0.0988 e. The number of benzene rings is 5. The third kappa shape index (κ3) is 9.90. The third-order valence-corrected chi connectivity index (χ3v) is 16.7. The van der Waals surface area contributed by atoms with E-state index in [9.17, 15) is 0 Å². The second-order valence-electron chi connectivity index (χ2n) is 19.5. The number of unbranched alkanes of at least 4 members (excludes halogenated alkanes) is 8. The van der Waals surface area contributed by atoms with Gasteiger partial charge in [0.15, 0.2) is 0 Å². The Morgan fingerprint density at radius 3 is 1.39 bits per heavy atom. The maximum atomic E-state index is 5.77. The van der Waals surface area contributed by atoms with E-state index < -0.39 is 0 Å². The lowest BCUT2D eigenvalue weighted by atomic mass is 9.70. The molecule has 0 atom stereocenters. The van der Waals surface area contributed by atoms with E-state index in [1.54, 1.807) is 11.1 Å². The highest BCUT2D eigenvalue weighted by Gasteiger charge is 2.42. The number of thiophene rings is 2. The molecule has 3 heterocycles. The topological polar surface area (TPSA) is 25.8 Å². The lowest BCUT2D eigenvalue weighted by Crippen LogP contribution is -2.25. The highest BCUT2D eigenvalue weighted by atomic mass is 32.1. The molecule has 0 unspecified atom stereocenters. The number of rotatable bonds is 21. The molecular weight excluding hydrogens is 849 g/mol. The number of hydrogen-bond acceptors (Lipinski definition) is 4. The number of nitrogens with zero attached hydrogens (tertiary/aromatic N) is 2. The van der Waals surface area contributed by atoms with Gasteiger partial charge >= 0.3 is 0 Å². The first-order valence-corrected chi connectivity index (χ1v) is 27.4. The summed E-state index contributed by atoms with van der Waals surface area (Å²) in [5.74, 6) is 0. The van der Waals surface area contributed by atoms with Gasteiger partial charge in [0.1, 0.15) is 0 Å². The van der Waals surface area contributed by atoms with Crippen LogP contribution in [0.1, 0.15) is 150 Å². The predicted molar refractivity (Wildman–Crippen MR) is 293 cm³/mol. The minimum Gasteiger partial charge on any atom is -0.243 e. The van der Waals surface area contributed by atoms with Gasteiger partial charge in [0.25, 0.3) is 0 Å². The average molecular weight is 919 g/mol. The van der Waals surface area contributed by atoms with E-state index in [1.807, 2.05) is 22.7 Å². The molecule has 67 heavy (non-hydrogen) atoms. The molecule has 9 rings (SSSR count). The van der Waals surface area contributed by atoms with Crippen LogP contribution in [0, 0.1) is 13.8 Å². The van der Waals surface area contributed by atoms with Crippen LogP contribution in [-0.4, -0.2) is 9.97 Å². The zero-order valence-electron chi connectivity index (χ0n) is 41.1. The van der Waals surface area contributed by atoms with E-state index >= 15 is 0 Å². The minimum absolute atomic E-state index is 0.0498. The highest BCUT2D eigenvalue weighted by Crippen LogP contribution is 2.56. The molecular formula is C63H70N2S2. The zero-order valence-corrected chi connectivity index (χ0v) is 42.7. The molecule has 0 fully saturated rings. The first kappa shape index (κ1) is 46.9.